The fraction of sp³-hybridized carbons (Fsp3) is 0.250. The predicted molar refractivity (Wildman–Crippen MR) is 115 cm³/mol. The van der Waals surface area contributed by atoms with E-state index in [-0.39, 0.29) is 11.7 Å². The van der Waals surface area contributed by atoms with E-state index in [9.17, 15) is 9.59 Å². The molecule has 0 amide bonds. The number of rotatable bonds is 3. The van der Waals surface area contributed by atoms with Gasteiger partial charge < -0.3 is 10.1 Å². The predicted octanol–water partition coefficient (Wildman–Crippen LogP) is 4.98. The minimum absolute atomic E-state index is 0.0715. The van der Waals surface area contributed by atoms with Crippen molar-refractivity contribution in [3.05, 3.63) is 92.7 Å². The van der Waals surface area contributed by atoms with E-state index in [1.807, 2.05) is 49.4 Å². The van der Waals surface area contributed by atoms with E-state index < -0.39 is 11.9 Å². The lowest BCUT2D eigenvalue weighted by Gasteiger charge is -2.37. The third-order valence-corrected chi connectivity index (χ3v) is 6.44. The molecule has 2 unspecified atom stereocenters. The van der Waals surface area contributed by atoms with Crippen molar-refractivity contribution in [3.63, 3.8) is 0 Å². The summed E-state index contributed by atoms with van der Waals surface area (Å²) in [6.07, 6.45) is 1.16. The highest BCUT2D eigenvalue weighted by atomic mass is 79.9. The maximum Gasteiger partial charge on any atom is 0.336 e. The van der Waals surface area contributed by atoms with Gasteiger partial charge in [-0.1, -0.05) is 64.5 Å². The van der Waals surface area contributed by atoms with Gasteiger partial charge in [0.1, 0.15) is 0 Å². The van der Waals surface area contributed by atoms with Gasteiger partial charge in [-0.2, -0.15) is 0 Å². The summed E-state index contributed by atoms with van der Waals surface area (Å²) >= 11 is 3.61. The Morgan fingerprint density at radius 3 is 2.45 bits per heavy atom. The minimum Gasteiger partial charge on any atom is -0.466 e. The Morgan fingerprint density at radius 2 is 1.76 bits per heavy atom. The van der Waals surface area contributed by atoms with Crippen molar-refractivity contribution in [2.75, 3.05) is 7.11 Å². The van der Waals surface area contributed by atoms with Crippen molar-refractivity contribution in [2.45, 2.75) is 31.6 Å². The Balaban J connectivity index is 1.84. The van der Waals surface area contributed by atoms with Crippen LogP contribution in [0, 0.1) is 0 Å². The largest absolute Gasteiger partial charge is 0.466 e. The molecule has 0 saturated carbocycles. The Bertz CT molecular complexity index is 1040. The second-order valence-corrected chi connectivity index (χ2v) is 8.30. The van der Waals surface area contributed by atoms with Gasteiger partial charge in [0, 0.05) is 33.8 Å². The summed E-state index contributed by atoms with van der Waals surface area (Å²) in [4.78, 5) is 26.1. The highest BCUT2D eigenvalue weighted by Gasteiger charge is 2.41. The number of carbonyl (C=O) groups excluding carboxylic acids is 2. The van der Waals surface area contributed by atoms with Crippen LogP contribution in [0.1, 0.15) is 42.7 Å². The van der Waals surface area contributed by atoms with Gasteiger partial charge in [0.2, 0.25) is 0 Å². The first-order chi connectivity index (χ1) is 14.0. The molecular weight excluding hydrogens is 430 g/mol. The Hall–Kier alpha value is -2.66. The molecule has 2 aromatic rings. The van der Waals surface area contributed by atoms with Crippen molar-refractivity contribution in [2.24, 2.45) is 0 Å². The van der Waals surface area contributed by atoms with Crippen LogP contribution in [0.5, 0.6) is 0 Å². The van der Waals surface area contributed by atoms with E-state index in [1.165, 1.54) is 7.11 Å². The molecule has 0 bridgehead atoms. The van der Waals surface area contributed by atoms with Crippen LogP contribution in [0.3, 0.4) is 0 Å². The zero-order valence-electron chi connectivity index (χ0n) is 16.4. The van der Waals surface area contributed by atoms with Crippen molar-refractivity contribution >= 4 is 27.7 Å². The first-order valence-electron chi connectivity index (χ1n) is 9.63. The van der Waals surface area contributed by atoms with Crippen molar-refractivity contribution in [3.8, 4) is 0 Å². The molecule has 1 heterocycles. The van der Waals surface area contributed by atoms with Gasteiger partial charge >= 0.3 is 5.97 Å². The summed E-state index contributed by atoms with van der Waals surface area (Å²) in [5.41, 5.74) is 4.86. The van der Waals surface area contributed by atoms with E-state index in [1.54, 1.807) is 0 Å². The minimum atomic E-state index is -0.446. The third-order valence-electron chi connectivity index (χ3n) is 5.72. The van der Waals surface area contributed by atoms with Crippen LogP contribution in [0.4, 0.5) is 0 Å². The molecule has 1 aliphatic carbocycles. The number of halogens is 1. The first kappa shape index (κ1) is 19.6. The van der Waals surface area contributed by atoms with E-state index in [2.05, 4.69) is 33.4 Å². The molecule has 2 aromatic carbocycles. The number of esters is 1. The number of hydrogen-bond donors (Lipinski definition) is 1. The average Bonchev–Trinajstić information content (AvgIpc) is 2.73. The summed E-state index contributed by atoms with van der Waals surface area (Å²) in [7, 11) is 1.37. The fourth-order valence-electron chi connectivity index (χ4n) is 4.40. The zero-order chi connectivity index (χ0) is 20.5. The molecule has 4 rings (SSSR count). The fourth-order valence-corrected chi connectivity index (χ4v) is 4.91. The van der Waals surface area contributed by atoms with Crippen LogP contribution in [0.25, 0.3) is 0 Å². The van der Waals surface area contributed by atoms with Crippen molar-refractivity contribution in [1.82, 2.24) is 5.32 Å². The normalized spacial score (nSPS) is 21.6. The molecule has 29 heavy (non-hydrogen) atoms. The molecule has 0 spiro atoms. The van der Waals surface area contributed by atoms with E-state index in [0.717, 1.165) is 33.4 Å². The maximum absolute atomic E-state index is 13.4. The van der Waals surface area contributed by atoms with Crippen LogP contribution in [0.15, 0.2) is 81.6 Å². The van der Waals surface area contributed by atoms with Gasteiger partial charge in [-0.25, -0.2) is 4.79 Å². The van der Waals surface area contributed by atoms with Gasteiger partial charge in [0.05, 0.1) is 12.7 Å². The maximum atomic E-state index is 13.4. The van der Waals surface area contributed by atoms with Gasteiger partial charge in [-0.15, -0.1) is 0 Å². The van der Waals surface area contributed by atoms with Crippen LogP contribution >= 0.6 is 15.9 Å². The van der Waals surface area contributed by atoms with Crippen LogP contribution in [0.2, 0.25) is 0 Å². The smallest absolute Gasteiger partial charge is 0.336 e. The standard InChI is InChI=1S/C24H22BrNO3/c1-14-21(24(28)29-2)22(17-10-6-7-11-18(17)25)23-19(26-14)12-16(13-20(23)27)15-8-4-3-5-9-15/h3-11,16,22,26H,12-13H2,1-2H3. The van der Waals surface area contributed by atoms with Crippen molar-refractivity contribution < 1.29 is 14.3 Å². The number of carbonyl (C=O) groups is 2. The SMILES string of the molecule is COC(=O)C1=C(C)NC2=C(C(=O)CC(c3ccccc3)C2)C1c1ccccc1Br. The molecule has 2 aliphatic rings. The lowest BCUT2D eigenvalue weighted by molar-refractivity contribution is -0.136. The molecule has 1 N–H and O–H groups in total. The average molecular weight is 452 g/mol. The number of ketones is 1. The summed E-state index contributed by atoms with van der Waals surface area (Å²) in [5, 5.41) is 3.36. The highest BCUT2D eigenvalue weighted by Crippen LogP contribution is 2.47. The molecular formula is C24H22BrNO3. The second-order valence-electron chi connectivity index (χ2n) is 7.44. The summed E-state index contributed by atoms with van der Waals surface area (Å²) < 4.78 is 5.94. The number of benzene rings is 2. The number of dihydropyridines is 1. The molecule has 2 atom stereocenters. The number of nitrogens with one attached hydrogen (secondary N) is 1. The van der Waals surface area contributed by atoms with Crippen molar-refractivity contribution in [1.29, 1.82) is 0 Å². The lowest BCUT2D eigenvalue weighted by atomic mass is 9.72. The summed E-state index contributed by atoms with van der Waals surface area (Å²) in [5.74, 6) is -0.664. The summed E-state index contributed by atoms with van der Waals surface area (Å²) in [6, 6.07) is 17.9. The van der Waals surface area contributed by atoms with Crippen LogP contribution in [-0.4, -0.2) is 18.9 Å². The Kier molecular flexibility index (Phi) is 5.41. The molecule has 148 valence electrons. The quantitative estimate of drug-likeness (QED) is 0.668. The van der Waals surface area contributed by atoms with Gasteiger partial charge in [-0.3, -0.25) is 4.79 Å². The summed E-state index contributed by atoms with van der Waals surface area (Å²) in [6.45, 7) is 1.87. The number of ether oxygens (including phenoxy) is 1. The van der Waals surface area contributed by atoms with Crippen LogP contribution < -0.4 is 5.32 Å². The number of hydrogen-bond acceptors (Lipinski definition) is 4. The molecule has 5 heteroatoms. The molecule has 0 fully saturated rings. The van der Waals surface area contributed by atoms with E-state index in [4.69, 9.17) is 4.74 Å². The monoisotopic (exact) mass is 451 g/mol. The number of allylic oxidation sites excluding steroid dienone is 3. The third kappa shape index (κ3) is 3.55. The second kappa shape index (κ2) is 7.99. The van der Waals surface area contributed by atoms with Gasteiger partial charge in [-0.05, 0) is 36.5 Å². The Labute approximate surface area is 178 Å². The zero-order valence-corrected chi connectivity index (χ0v) is 18.0. The molecule has 4 nitrogen and oxygen atoms in total. The molecule has 1 aliphatic heterocycles. The first-order valence-corrected chi connectivity index (χ1v) is 10.4. The van der Waals surface area contributed by atoms with Crippen LogP contribution in [-0.2, 0) is 14.3 Å². The number of Topliss-reactive ketones (excluding diaryl/α,β-unsaturated/α-hetero) is 1. The number of methoxy groups -OCH3 is 1. The topological polar surface area (TPSA) is 55.4 Å². The molecule has 0 saturated heterocycles. The van der Waals surface area contributed by atoms with Gasteiger partial charge in [0.25, 0.3) is 0 Å². The van der Waals surface area contributed by atoms with E-state index in [0.29, 0.717) is 17.6 Å². The molecule has 0 radical (unpaired) electrons. The molecule has 0 aromatic heterocycles. The highest BCUT2D eigenvalue weighted by molar-refractivity contribution is 9.10. The van der Waals surface area contributed by atoms with E-state index >= 15 is 0 Å². The van der Waals surface area contributed by atoms with Gasteiger partial charge in [0.15, 0.2) is 5.78 Å². The lowest BCUT2D eigenvalue weighted by Crippen LogP contribution is -2.36. The Morgan fingerprint density at radius 1 is 1.07 bits per heavy atom.